The predicted molar refractivity (Wildman–Crippen MR) is 187 cm³/mol. The molecule has 11 nitrogen and oxygen atoms in total. The van der Waals surface area contributed by atoms with Crippen LogP contribution in [0, 0.1) is 0 Å². The quantitative estimate of drug-likeness (QED) is 0.122. The first-order valence-electron chi connectivity index (χ1n) is 16.2. The molecule has 0 aliphatic carbocycles. The fraction of sp³-hybridized carbons (Fsp3) is 0.361. The first-order chi connectivity index (χ1) is 23.0. The SMILES string of the molecule is COc1cc(N2CCC(N(C)C)CC2)c(CC=CCN)cc1Nc1nccc(-c2[nH]c(CCCO)nc2-c2ccc3ccoc3c2)n1. The smallest absolute Gasteiger partial charge is 0.227 e. The third kappa shape index (κ3) is 7.32. The number of rotatable bonds is 13. The highest BCUT2D eigenvalue weighted by molar-refractivity contribution is 5.86. The number of aromatic nitrogens is 4. The Morgan fingerprint density at radius 1 is 1.13 bits per heavy atom. The van der Waals surface area contributed by atoms with E-state index < -0.39 is 0 Å². The summed E-state index contributed by atoms with van der Waals surface area (Å²) in [4.78, 5) is 22.6. The van der Waals surface area contributed by atoms with Crippen LogP contribution in [0.1, 0.15) is 30.7 Å². The van der Waals surface area contributed by atoms with Crippen molar-refractivity contribution >= 4 is 28.3 Å². The molecule has 0 amide bonds. The molecule has 2 aromatic carbocycles. The molecule has 11 heteroatoms. The number of anilines is 3. The summed E-state index contributed by atoms with van der Waals surface area (Å²) < 4.78 is 11.6. The van der Waals surface area contributed by atoms with Crippen molar-refractivity contribution in [2.24, 2.45) is 5.73 Å². The van der Waals surface area contributed by atoms with Crippen LogP contribution in [-0.4, -0.2) is 83.4 Å². The van der Waals surface area contributed by atoms with Crippen LogP contribution in [0.2, 0.25) is 0 Å². The molecule has 0 radical (unpaired) electrons. The van der Waals surface area contributed by atoms with Crippen LogP contribution in [-0.2, 0) is 12.8 Å². The Balaban J connectivity index is 1.33. The second-order valence-corrected chi connectivity index (χ2v) is 12.1. The molecule has 1 saturated heterocycles. The molecule has 0 atom stereocenters. The number of methoxy groups -OCH3 is 1. The Morgan fingerprint density at radius 3 is 2.74 bits per heavy atom. The number of imidazole rings is 1. The van der Waals surface area contributed by atoms with Gasteiger partial charge in [0.05, 0.1) is 36.1 Å². The van der Waals surface area contributed by atoms with Crippen LogP contribution in [0.25, 0.3) is 33.6 Å². The largest absolute Gasteiger partial charge is 0.494 e. The average Bonchev–Trinajstić information content (AvgIpc) is 3.75. The lowest BCUT2D eigenvalue weighted by Crippen LogP contribution is -2.42. The third-order valence-corrected chi connectivity index (χ3v) is 8.79. The van der Waals surface area contributed by atoms with E-state index in [2.05, 4.69) is 57.4 Å². The number of fused-ring (bicyclic) bond motifs is 1. The zero-order valence-corrected chi connectivity index (χ0v) is 27.4. The zero-order valence-electron chi connectivity index (χ0n) is 27.4. The minimum atomic E-state index is 0.0876. The second kappa shape index (κ2) is 14.8. The highest BCUT2D eigenvalue weighted by atomic mass is 16.5. The van der Waals surface area contributed by atoms with Gasteiger partial charge in [0.2, 0.25) is 5.95 Å². The Labute approximate surface area is 275 Å². The molecule has 5 N–H and O–H groups in total. The number of nitrogens with two attached hydrogens (primary N) is 1. The van der Waals surface area contributed by atoms with E-state index in [4.69, 9.17) is 24.9 Å². The summed E-state index contributed by atoms with van der Waals surface area (Å²) in [6, 6.07) is 14.7. The highest BCUT2D eigenvalue weighted by Crippen LogP contribution is 2.37. The normalized spacial score (nSPS) is 14.1. The molecule has 1 aliphatic heterocycles. The van der Waals surface area contributed by atoms with Gasteiger partial charge in [-0.3, -0.25) is 0 Å². The number of aryl methyl sites for hydroxylation is 1. The molecule has 6 rings (SSSR count). The number of aliphatic hydroxyl groups is 1. The van der Waals surface area contributed by atoms with E-state index in [-0.39, 0.29) is 6.61 Å². The van der Waals surface area contributed by atoms with E-state index in [9.17, 15) is 5.11 Å². The molecule has 246 valence electrons. The van der Waals surface area contributed by atoms with Gasteiger partial charge in [-0.15, -0.1) is 0 Å². The Hall–Kier alpha value is -4.71. The van der Waals surface area contributed by atoms with Gasteiger partial charge in [0.25, 0.3) is 0 Å². The number of ether oxygens (including phenoxy) is 1. The number of hydrogen-bond donors (Lipinski definition) is 4. The van der Waals surface area contributed by atoms with Crippen LogP contribution >= 0.6 is 0 Å². The van der Waals surface area contributed by atoms with Gasteiger partial charge >= 0.3 is 0 Å². The van der Waals surface area contributed by atoms with Gasteiger partial charge in [-0.05, 0) is 69.6 Å². The highest BCUT2D eigenvalue weighted by Gasteiger charge is 2.24. The minimum Gasteiger partial charge on any atom is -0.494 e. The number of benzene rings is 2. The summed E-state index contributed by atoms with van der Waals surface area (Å²) in [6.45, 7) is 2.55. The first-order valence-corrected chi connectivity index (χ1v) is 16.2. The molecule has 4 heterocycles. The van der Waals surface area contributed by atoms with Crippen molar-refractivity contribution in [2.45, 2.75) is 38.1 Å². The molecule has 47 heavy (non-hydrogen) atoms. The number of aliphatic hydroxyl groups excluding tert-OH is 1. The van der Waals surface area contributed by atoms with Gasteiger partial charge in [-0.1, -0.05) is 24.3 Å². The number of nitrogens with zero attached hydrogens (tertiary/aromatic N) is 5. The lowest BCUT2D eigenvalue weighted by molar-refractivity contribution is 0.249. The van der Waals surface area contributed by atoms with E-state index in [1.165, 1.54) is 11.3 Å². The number of allylic oxidation sites excluding steroid dienone is 1. The van der Waals surface area contributed by atoms with E-state index in [1.807, 2.05) is 36.4 Å². The number of H-pyrrole nitrogens is 1. The van der Waals surface area contributed by atoms with Crippen molar-refractivity contribution < 1.29 is 14.3 Å². The van der Waals surface area contributed by atoms with Gasteiger partial charge in [0.15, 0.2) is 0 Å². The molecule has 0 saturated carbocycles. The van der Waals surface area contributed by atoms with Crippen LogP contribution < -0.4 is 20.7 Å². The molecule has 0 unspecified atom stereocenters. The van der Waals surface area contributed by atoms with Crippen LogP contribution in [0.4, 0.5) is 17.3 Å². The minimum absolute atomic E-state index is 0.0876. The maximum atomic E-state index is 9.45. The zero-order chi connectivity index (χ0) is 32.8. The lowest BCUT2D eigenvalue weighted by Gasteiger charge is -2.37. The van der Waals surface area contributed by atoms with E-state index in [0.29, 0.717) is 37.1 Å². The molecule has 1 aliphatic rings. The summed E-state index contributed by atoms with van der Waals surface area (Å²) in [5, 5.41) is 13.9. The summed E-state index contributed by atoms with van der Waals surface area (Å²) >= 11 is 0. The Kier molecular flexibility index (Phi) is 10.2. The predicted octanol–water partition coefficient (Wildman–Crippen LogP) is 5.54. The summed E-state index contributed by atoms with van der Waals surface area (Å²) in [5.74, 6) is 1.93. The lowest BCUT2D eigenvalue weighted by atomic mass is 10.0. The van der Waals surface area contributed by atoms with Crippen molar-refractivity contribution in [1.82, 2.24) is 24.8 Å². The molecular formula is C36H44N8O3. The number of aromatic amines is 1. The maximum Gasteiger partial charge on any atom is 0.227 e. The fourth-order valence-corrected chi connectivity index (χ4v) is 6.23. The fourth-order valence-electron chi connectivity index (χ4n) is 6.23. The molecule has 0 bridgehead atoms. The van der Waals surface area contributed by atoms with Gasteiger partial charge in [0.1, 0.15) is 17.2 Å². The standard InChI is InChI=1S/C36H44N8O3/c1-43(2)27-12-17-44(18-13-27)30-23-32(46-3)29(21-25(30)7-4-5-15-37)40-36-38-16-11-28(39-36)35-34(41-33(42-35)8-6-19-45)26-10-9-24-14-20-47-31(24)22-26/h4-5,9-11,14,16,20-23,27,45H,6-8,12-13,15,17-19,37H2,1-3H3,(H,41,42)(H,38,39,40). The van der Waals surface area contributed by atoms with Crippen LogP contribution in [0.15, 0.2) is 71.5 Å². The van der Waals surface area contributed by atoms with Crippen molar-refractivity contribution in [2.75, 3.05) is 57.7 Å². The van der Waals surface area contributed by atoms with Crippen molar-refractivity contribution in [3.05, 3.63) is 78.5 Å². The van der Waals surface area contributed by atoms with Gasteiger partial charge in [-0.25, -0.2) is 15.0 Å². The number of nitrogens with one attached hydrogen (secondary N) is 2. The van der Waals surface area contributed by atoms with Crippen molar-refractivity contribution in [3.63, 3.8) is 0 Å². The van der Waals surface area contributed by atoms with E-state index in [0.717, 1.165) is 77.5 Å². The molecule has 5 aromatic rings. The summed E-state index contributed by atoms with van der Waals surface area (Å²) in [6.07, 6.45) is 11.7. The molecule has 0 spiro atoms. The first kappa shape index (κ1) is 32.2. The van der Waals surface area contributed by atoms with Crippen molar-refractivity contribution in [3.8, 4) is 28.4 Å². The monoisotopic (exact) mass is 636 g/mol. The third-order valence-electron chi connectivity index (χ3n) is 8.79. The van der Waals surface area contributed by atoms with Crippen molar-refractivity contribution in [1.29, 1.82) is 0 Å². The van der Waals surface area contributed by atoms with E-state index >= 15 is 0 Å². The Bertz CT molecular complexity index is 1820. The molecule has 1 fully saturated rings. The van der Waals surface area contributed by atoms with E-state index in [1.54, 1.807) is 19.6 Å². The van der Waals surface area contributed by atoms with Crippen LogP contribution in [0.5, 0.6) is 5.75 Å². The molecular weight excluding hydrogens is 592 g/mol. The average molecular weight is 637 g/mol. The maximum absolute atomic E-state index is 9.45. The number of piperidine rings is 1. The Morgan fingerprint density at radius 2 is 1.98 bits per heavy atom. The number of furan rings is 1. The second-order valence-electron chi connectivity index (χ2n) is 12.1. The van der Waals surface area contributed by atoms with Gasteiger partial charge < -0.3 is 40.1 Å². The molecule has 3 aromatic heterocycles. The summed E-state index contributed by atoms with van der Waals surface area (Å²) in [5.41, 5.74) is 12.8. The summed E-state index contributed by atoms with van der Waals surface area (Å²) in [7, 11) is 6.01. The topological polar surface area (TPSA) is 142 Å². The van der Waals surface area contributed by atoms with Gasteiger partial charge in [-0.2, -0.15) is 0 Å². The number of hydrogen-bond acceptors (Lipinski definition) is 10. The van der Waals surface area contributed by atoms with Crippen LogP contribution in [0.3, 0.4) is 0 Å². The van der Waals surface area contributed by atoms with Gasteiger partial charge in [0, 0.05) is 67.6 Å².